The molecule has 0 aromatic heterocycles. The van der Waals surface area contributed by atoms with E-state index < -0.39 is 23.8 Å². The first-order chi connectivity index (χ1) is 9.43. The zero-order chi connectivity index (χ0) is 14.9. The smallest absolute Gasteiger partial charge is 0.258 e. The Balaban J connectivity index is 2.37. The van der Waals surface area contributed by atoms with Crippen molar-refractivity contribution in [1.29, 1.82) is 0 Å². The number of carbonyl (C=O) groups excluding carboxylic acids is 3. The number of amides is 3. The van der Waals surface area contributed by atoms with E-state index in [0.29, 0.717) is 10.9 Å². The number of hydrogen-bond acceptors (Lipinski definition) is 4. The minimum atomic E-state index is -0.710. The van der Waals surface area contributed by atoms with Crippen molar-refractivity contribution in [2.24, 2.45) is 0 Å². The van der Waals surface area contributed by atoms with E-state index in [9.17, 15) is 19.5 Å². The van der Waals surface area contributed by atoms with Gasteiger partial charge in [0.2, 0.25) is 11.8 Å². The minimum absolute atomic E-state index is 0.0559. The highest BCUT2D eigenvalue weighted by atomic mass is 79.9. The van der Waals surface area contributed by atoms with Crippen LogP contribution in [0.25, 0.3) is 0 Å². The van der Waals surface area contributed by atoms with E-state index in [0.717, 1.165) is 0 Å². The summed E-state index contributed by atoms with van der Waals surface area (Å²) in [7, 11) is 0. The van der Waals surface area contributed by atoms with E-state index in [-0.39, 0.29) is 17.9 Å². The van der Waals surface area contributed by atoms with E-state index in [1.54, 1.807) is 13.0 Å². The molecule has 1 unspecified atom stereocenters. The zero-order valence-corrected chi connectivity index (χ0v) is 12.3. The second kappa shape index (κ2) is 5.62. The standard InChI is InChI=1S/C13H13BrN2O4/c1-2-9-12(19)15-11(18)6-16(9)13(20)8-5-7(14)3-4-10(8)17/h3-5,9,17H,2,6H2,1H3,(H,15,18,19). The molecule has 0 bridgehead atoms. The van der Waals surface area contributed by atoms with Crippen molar-refractivity contribution in [3.8, 4) is 5.75 Å². The summed E-state index contributed by atoms with van der Waals surface area (Å²) in [6, 6.07) is 3.72. The Bertz CT molecular complexity index is 588. The average Bonchev–Trinajstić information content (AvgIpc) is 2.40. The molecule has 0 aliphatic carbocycles. The Morgan fingerprint density at radius 1 is 1.50 bits per heavy atom. The molecular weight excluding hydrogens is 328 g/mol. The number of imide groups is 1. The summed E-state index contributed by atoms with van der Waals surface area (Å²) < 4.78 is 0.625. The molecule has 0 radical (unpaired) electrons. The number of aromatic hydroxyl groups is 1. The van der Waals surface area contributed by atoms with E-state index in [1.165, 1.54) is 17.0 Å². The lowest BCUT2D eigenvalue weighted by atomic mass is 10.1. The maximum absolute atomic E-state index is 12.4. The Kier molecular flexibility index (Phi) is 4.08. The molecule has 0 spiro atoms. The van der Waals surface area contributed by atoms with Crippen molar-refractivity contribution in [2.75, 3.05) is 6.54 Å². The molecule has 2 rings (SSSR count). The molecule has 1 aromatic rings. The van der Waals surface area contributed by atoms with Crippen LogP contribution >= 0.6 is 15.9 Å². The fourth-order valence-corrected chi connectivity index (χ4v) is 2.48. The second-order valence-electron chi connectivity index (χ2n) is 4.43. The van der Waals surface area contributed by atoms with Gasteiger partial charge in [-0.2, -0.15) is 0 Å². The van der Waals surface area contributed by atoms with Gasteiger partial charge >= 0.3 is 0 Å². The number of benzene rings is 1. The average molecular weight is 341 g/mol. The molecule has 6 nitrogen and oxygen atoms in total. The normalized spacial score (nSPS) is 18.9. The number of nitrogens with one attached hydrogen (secondary N) is 1. The van der Waals surface area contributed by atoms with Crippen molar-refractivity contribution >= 4 is 33.7 Å². The Morgan fingerprint density at radius 3 is 2.85 bits per heavy atom. The molecule has 7 heteroatoms. The van der Waals surface area contributed by atoms with Gasteiger partial charge < -0.3 is 10.0 Å². The summed E-state index contributed by atoms with van der Waals surface area (Å²) in [6.07, 6.45) is 0.389. The van der Waals surface area contributed by atoms with Gasteiger partial charge in [0.05, 0.1) is 5.56 Å². The highest BCUT2D eigenvalue weighted by molar-refractivity contribution is 9.10. The van der Waals surface area contributed by atoms with E-state index in [1.807, 2.05) is 0 Å². The molecule has 20 heavy (non-hydrogen) atoms. The fourth-order valence-electron chi connectivity index (χ4n) is 2.12. The van der Waals surface area contributed by atoms with Crippen molar-refractivity contribution in [1.82, 2.24) is 10.2 Å². The van der Waals surface area contributed by atoms with Gasteiger partial charge in [-0.05, 0) is 24.6 Å². The number of nitrogens with zero attached hydrogens (tertiary/aromatic N) is 1. The van der Waals surface area contributed by atoms with Gasteiger partial charge in [-0.3, -0.25) is 19.7 Å². The van der Waals surface area contributed by atoms with Crippen molar-refractivity contribution in [3.63, 3.8) is 0 Å². The summed E-state index contributed by atoms with van der Waals surface area (Å²) in [5.74, 6) is -1.75. The topological polar surface area (TPSA) is 86.7 Å². The second-order valence-corrected chi connectivity index (χ2v) is 5.35. The third-order valence-electron chi connectivity index (χ3n) is 3.09. The molecule has 1 aliphatic heterocycles. The minimum Gasteiger partial charge on any atom is -0.507 e. The van der Waals surface area contributed by atoms with Crippen LogP contribution in [0.1, 0.15) is 23.7 Å². The van der Waals surface area contributed by atoms with Gasteiger partial charge in [0, 0.05) is 4.47 Å². The summed E-state index contributed by atoms with van der Waals surface area (Å²) >= 11 is 3.22. The summed E-state index contributed by atoms with van der Waals surface area (Å²) in [4.78, 5) is 36.8. The van der Waals surface area contributed by atoms with Gasteiger partial charge in [-0.1, -0.05) is 22.9 Å². The maximum Gasteiger partial charge on any atom is 0.258 e. The SMILES string of the molecule is CCC1C(=O)NC(=O)CN1C(=O)c1cc(Br)ccc1O. The lowest BCUT2D eigenvalue weighted by molar-refractivity contribution is -0.138. The number of piperazine rings is 1. The van der Waals surface area contributed by atoms with E-state index in [2.05, 4.69) is 21.2 Å². The predicted molar refractivity (Wildman–Crippen MR) is 74.1 cm³/mol. The largest absolute Gasteiger partial charge is 0.507 e. The van der Waals surface area contributed by atoms with Gasteiger partial charge in [-0.15, -0.1) is 0 Å². The van der Waals surface area contributed by atoms with Crippen LogP contribution in [0.3, 0.4) is 0 Å². The molecule has 1 atom stereocenters. The van der Waals surface area contributed by atoms with Crippen molar-refractivity contribution in [3.05, 3.63) is 28.2 Å². The van der Waals surface area contributed by atoms with Crippen LogP contribution < -0.4 is 5.32 Å². The third kappa shape index (κ3) is 2.67. The molecule has 0 saturated carbocycles. The molecule has 1 saturated heterocycles. The third-order valence-corrected chi connectivity index (χ3v) is 3.59. The molecule has 106 valence electrons. The fraction of sp³-hybridized carbons (Fsp3) is 0.308. The van der Waals surface area contributed by atoms with Crippen LogP contribution in [0, 0.1) is 0 Å². The Hall–Kier alpha value is -1.89. The molecular formula is C13H13BrN2O4. The molecule has 3 amide bonds. The number of hydrogen-bond donors (Lipinski definition) is 2. The monoisotopic (exact) mass is 340 g/mol. The Labute approximate surface area is 123 Å². The quantitative estimate of drug-likeness (QED) is 0.787. The molecule has 1 aromatic carbocycles. The van der Waals surface area contributed by atoms with Crippen LogP contribution in [0.15, 0.2) is 22.7 Å². The summed E-state index contributed by atoms with van der Waals surface area (Å²) in [6.45, 7) is 1.55. The number of rotatable bonds is 2. The van der Waals surface area contributed by atoms with Gasteiger partial charge in [-0.25, -0.2) is 0 Å². The Morgan fingerprint density at radius 2 is 2.20 bits per heavy atom. The highest BCUT2D eigenvalue weighted by Crippen LogP contribution is 2.25. The predicted octanol–water partition coefficient (Wildman–Crippen LogP) is 1.03. The number of phenolic OH excluding ortho intramolecular Hbond substituents is 1. The van der Waals surface area contributed by atoms with Crippen molar-refractivity contribution in [2.45, 2.75) is 19.4 Å². The van der Waals surface area contributed by atoms with Crippen molar-refractivity contribution < 1.29 is 19.5 Å². The zero-order valence-electron chi connectivity index (χ0n) is 10.7. The van der Waals surface area contributed by atoms with Gasteiger partial charge in [0.15, 0.2) is 0 Å². The number of halogens is 1. The summed E-state index contributed by atoms with van der Waals surface area (Å²) in [5.41, 5.74) is 0.0559. The highest BCUT2D eigenvalue weighted by Gasteiger charge is 2.36. The van der Waals surface area contributed by atoms with Gasteiger partial charge in [0.1, 0.15) is 18.3 Å². The first-order valence-corrected chi connectivity index (χ1v) is 6.86. The molecule has 1 aliphatic rings. The number of phenols is 1. The molecule has 2 N–H and O–H groups in total. The molecule has 1 fully saturated rings. The first-order valence-electron chi connectivity index (χ1n) is 6.07. The number of carbonyl (C=O) groups is 3. The van der Waals surface area contributed by atoms with E-state index in [4.69, 9.17) is 0 Å². The van der Waals surface area contributed by atoms with Crippen LogP contribution in [-0.2, 0) is 9.59 Å². The van der Waals surface area contributed by atoms with Crippen LogP contribution in [-0.4, -0.2) is 40.3 Å². The van der Waals surface area contributed by atoms with E-state index >= 15 is 0 Å². The van der Waals surface area contributed by atoms with Crippen LogP contribution in [0.4, 0.5) is 0 Å². The summed E-state index contributed by atoms with van der Waals surface area (Å²) in [5, 5.41) is 12.0. The van der Waals surface area contributed by atoms with Gasteiger partial charge in [0.25, 0.3) is 5.91 Å². The van der Waals surface area contributed by atoms with Crippen LogP contribution in [0.5, 0.6) is 5.75 Å². The lowest BCUT2D eigenvalue weighted by Crippen LogP contribution is -2.59. The van der Waals surface area contributed by atoms with Crippen LogP contribution in [0.2, 0.25) is 0 Å². The molecule has 1 heterocycles. The first kappa shape index (κ1) is 14.5. The lowest BCUT2D eigenvalue weighted by Gasteiger charge is -2.33. The maximum atomic E-state index is 12.4.